The van der Waals surface area contributed by atoms with Crippen LogP contribution in [0.3, 0.4) is 0 Å². The number of hydrogen-bond donors (Lipinski definition) is 1. The summed E-state index contributed by atoms with van der Waals surface area (Å²) in [6.45, 7) is 3.19. The van der Waals surface area contributed by atoms with Crippen LogP contribution < -0.4 is 5.14 Å². The molecule has 5 nitrogen and oxygen atoms in total. The Morgan fingerprint density at radius 2 is 1.61 bits per heavy atom. The van der Waals surface area contributed by atoms with Gasteiger partial charge in [0.15, 0.2) is 5.69 Å². The fourth-order valence-electron chi connectivity index (χ4n) is 3.19. The first-order valence-electron chi connectivity index (χ1n) is 8.42. The highest BCUT2D eigenvalue weighted by Gasteiger charge is 2.41. The number of aryl methyl sites for hydroxylation is 2. The molecule has 0 fully saturated rings. The van der Waals surface area contributed by atoms with Gasteiger partial charge in [0.25, 0.3) is 0 Å². The van der Waals surface area contributed by atoms with Crippen LogP contribution in [-0.2, 0) is 22.7 Å². The Labute approximate surface area is 160 Å². The van der Waals surface area contributed by atoms with Crippen LogP contribution in [0.1, 0.15) is 18.2 Å². The van der Waals surface area contributed by atoms with E-state index < -0.39 is 21.9 Å². The van der Waals surface area contributed by atoms with Crippen LogP contribution in [0.25, 0.3) is 22.4 Å². The fraction of sp³-hybridized carbons (Fsp3) is 0.211. The summed E-state index contributed by atoms with van der Waals surface area (Å²) in [4.78, 5) is -0.278. The summed E-state index contributed by atoms with van der Waals surface area (Å²) in [5.41, 5.74) is -0.201. The number of aromatic nitrogens is 2. The first-order chi connectivity index (χ1) is 13.1. The lowest BCUT2D eigenvalue weighted by Crippen LogP contribution is -2.15. The normalized spacial score (nSPS) is 12.4. The topological polar surface area (TPSA) is 78.0 Å². The zero-order chi connectivity index (χ0) is 20.7. The molecule has 0 saturated heterocycles. The predicted molar refractivity (Wildman–Crippen MR) is 99.9 cm³/mol. The zero-order valence-corrected chi connectivity index (χ0v) is 16.0. The van der Waals surface area contributed by atoms with Crippen LogP contribution in [0.4, 0.5) is 13.2 Å². The van der Waals surface area contributed by atoms with Gasteiger partial charge in [0.1, 0.15) is 5.69 Å². The SMILES string of the molecule is CCn1nc(-c2ccccc2S(N)(=O)=O)c(-c2ccccc2C)c1C(F)(F)F. The van der Waals surface area contributed by atoms with Crippen LogP contribution in [-0.4, -0.2) is 18.2 Å². The lowest BCUT2D eigenvalue weighted by molar-refractivity contribution is -0.143. The molecule has 28 heavy (non-hydrogen) atoms. The molecule has 0 amide bonds. The number of rotatable bonds is 4. The van der Waals surface area contributed by atoms with Crippen molar-refractivity contribution in [3.63, 3.8) is 0 Å². The molecule has 3 rings (SSSR count). The van der Waals surface area contributed by atoms with Crippen molar-refractivity contribution in [2.24, 2.45) is 5.14 Å². The van der Waals surface area contributed by atoms with E-state index in [9.17, 15) is 21.6 Å². The number of primary sulfonamides is 1. The Morgan fingerprint density at radius 3 is 2.14 bits per heavy atom. The van der Waals surface area contributed by atoms with E-state index in [0.29, 0.717) is 11.1 Å². The standard InChI is InChI=1S/C19H18F3N3O2S/c1-3-25-18(19(20,21)22)16(13-9-5-4-8-12(13)2)17(24-25)14-10-6-7-11-15(14)28(23,26)27/h4-11H,3H2,1-2H3,(H2,23,26,27). The van der Waals surface area contributed by atoms with Gasteiger partial charge in [0.05, 0.1) is 4.90 Å². The summed E-state index contributed by atoms with van der Waals surface area (Å²) in [6, 6.07) is 12.2. The van der Waals surface area contributed by atoms with Crippen molar-refractivity contribution >= 4 is 10.0 Å². The molecule has 1 heterocycles. The molecule has 9 heteroatoms. The lowest BCUT2D eigenvalue weighted by atomic mass is 9.95. The van der Waals surface area contributed by atoms with Crippen molar-refractivity contribution in [2.45, 2.75) is 31.5 Å². The quantitative estimate of drug-likeness (QED) is 0.701. The van der Waals surface area contributed by atoms with Crippen molar-refractivity contribution < 1.29 is 21.6 Å². The largest absolute Gasteiger partial charge is 0.433 e. The van der Waals surface area contributed by atoms with Gasteiger partial charge < -0.3 is 0 Å². The predicted octanol–water partition coefficient (Wildman–Crippen LogP) is 4.21. The zero-order valence-electron chi connectivity index (χ0n) is 15.2. The van der Waals surface area contributed by atoms with Crippen molar-refractivity contribution in [2.75, 3.05) is 0 Å². The van der Waals surface area contributed by atoms with Gasteiger partial charge in [-0.05, 0) is 31.0 Å². The van der Waals surface area contributed by atoms with Crippen LogP contribution in [0.15, 0.2) is 53.4 Å². The number of nitrogens with zero attached hydrogens (tertiary/aromatic N) is 2. The number of nitrogens with two attached hydrogens (primary N) is 1. The third-order valence-corrected chi connectivity index (χ3v) is 5.35. The first kappa shape index (κ1) is 20.1. The number of sulfonamides is 1. The molecule has 0 atom stereocenters. The third-order valence-electron chi connectivity index (χ3n) is 4.38. The molecule has 0 saturated carbocycles. The molecular formula is C19H18F3N3O2S. The second-order valence-electron chi connectivity index (χ2n) is 6.24. The van der Waals surface area contributed by atoms with Crippen LogP contribution in [0.2, 0.25) is 0 Å². The summed E-state index contributed by atoms with van der Waals surface area (Å²) in [5.74, 6) is 0. The molecule has 0 unspecified atom stereocenters. The average molecular weight is 409 g/mol. The van der Waals surface area contributed by atoms with Gasteiger partial charge in [-0.2, -0.15) is 18.3 Å². The Kier molecular flexibility index (Phi) is 5.07. The summed E-state index contributed by atoms with van der Waals surface area (Å²) in [7, 11) is -4.17. The summed E-state index contributed by atoms with van der Waals surface area (Å²) >= 11 is 0. The average Bonchev–Trinajstić information content (AvgIpc) is 3.01. The maximum absolute atomic E-state index is 14.0. The molecule has 1 aromatic heterocycles. The number of alkyl halides is 3. The maximum atomic E-state index is 14.0. The van der Waals surface area contributed by atoms with E-state index >= 15 is 0 Å². The Hall–Kier alpha value is -2.65. The summed E-state index contributed by atoms with van der Waals surface area (Å²) < 4.78 is 66.8. The summed E-state index contributed by atoms with van der Waals surface area (Å²) in [6.07, 6.45) is -4.69. The van der Waals surface area contributed by atoms with E-state index in [-0.39, 0.29) is 28.3 Å². The molecule has 0 aliphatic carbocycles. The second kappa shape index (κ2) is 7.06. The van der Waals surface area contributed by atoms with Crippen LogP contribution in [0.5, 0.6) is 0 Å². The molecule has 148 valence electrons. The van der Waals surface area contributed by atoms with E-state index in [1.807, 2.05) is 0 Å². The molecule has 2 N–H and O–H groups in total. The van der Waals surface area contributed by atoms with Crippen molar-refractivity contribution in [3.05, 3.63) is 59.8 Å². The monoisotopic (exact) mass is 409 g/mol. The molecule has 0 aliphatic heterocycles. The van der Waals surface area contributed by atoms with Crippen LogP contribution >= 0.6 is 0 Å². The van der Waals surface area contributed by atoms with E-state index in [1.54, 1.807) is 38.1 Å². The molecule has 2 aromatic carbocycles. The molecule has 0 bridgehead atoms. The van der Waals surface area contributed by atoms with Crippen molar-refractivity contribution in [1.82, 2.24) is 9.78 Å². The van der Waals surface area contributed by atoms with Gasteiger partial charge >= 0.3 is 6.18 Å². The molecular weight excluding hydrogens is 391 g/mol. The molecule has 0 spiro atoms. The van der Waals surface area contributed by atoms with Gasteiger partial charge in [0, 0.05) is 17.7 Å². The molecule has 0 aliphatic rings. The summed E-state index contributed by atoms with van der Waals surface area (Å²) in [5, 5.41) is 9.43. The molecule has 3 aromatic rings. The third kappa shape index (κ3) is 3.55. The highest BCUT2D eigenvalue weighted by molar-refractivity contribution is 7.89. The number of halogens is 3. The highest BCUT2D eigenvalue weighted by atomic mass is 32.2. The first-order valence-corrected chi connectivity index (χ1v) is 9.96. The van der Waals surface area contributed by atoms with Crippen molar-refractivity contribution in [1.29, 1.82) is 0 Å². The minimum Gasteiger partial charge on any atom is -0.260 e. The van der Waals surface area contributed by atoms with E-state index in [4.69, 9.17) is 5.14 Å². The van der Waals surface area contributed by atoms with Gasteiger partial charge in [-0.15, -0.1) is 0 Å². The number of benzene rings is 2. The minimum absolute atomic E-state index is 0.0287. The van der Waals surface area contributed by atoms with E-state index in [0.717, 1.165) is 4.68 Å². The van der Waals surface area contributed by atoms with Gasteiger partial charge in [-0.1, -0.05) is 42.5 Å². The Morgan fingerprint density at radius 1 is 1.04 bits per heavy atom. The van der Waals surface area contributed by atoms with Gasteiger partial charge in [-0.3, -0.25) is 4.68 Å². The lowest BCUT2D eigenvalue weighted by Gasteiger charge is -2.14. The fourth-order valence-corrected chi connectivity index (χ4v) is 3.93. The number of hydrogen-bond acceptors (Lipinski definition) is 3. The van der Waals surface area contributed by atoms with Crippen molar-refractivity contribution in [3.8, 4) is 22.4 Å². The van der Waals surface area contributed by atoms with Gasteiger partial charge in [0.2, 0.25) is 10.0 Å². The van der Waals surface area contributed by atoms with Gasteiger partial charge in [-0.25, -0.2) is 13.6 Å². The second-order valence-corrected chi connectivity index (χ2v) is 7.77. The van der Waals surface area contributed by atoms with Crippen LogP contribution in [0, 0.1) is 6.92 Å². The van der Waals surface area contributed by atoms with E-state index in [1.165, 1.54) is 24.3 Å². The Balaban J connectivity index is 2.49. The Bertz CT molecular complexity index is 1140. The molecule has 0 radical (unpaired) electrons. The maximum Gasteiger partial charge on any atom is 0.433 e. The smallest absolute Gasteiger partial charge is 0.260 e. The minimum atomic E-state index is -4.69. The highest BCUT2D eigenvalue weighted by Crippen LogP contribution is 2.44. The van der Waals surface area contributed by atoms with E-state index in [2.05, 4.69) is 5.10 Å².